The van der Waals surface area contributed by atoms with Crippen LogP contribution in [0.2, 0.25) is 0 Å². The molecule has 2 unspecified atom stereocenters. The number of rotatable bonds is 52. The second-order valence-electron chi connectivity index (χ2n) is 18.4. The molecule has 9 nitrogen and oxygen atoms in total. The predicted octanol–water partition coefficient (Wildman–Crippen LogP) is 18.5. The van der Waals surface area contributed by atoms with Crippen molar-refractivity contribution in [2.45, 2.75) is 213 Å². The van der Waals surface area contributed by atoms with Gasteiger partial charge in [0.2, 0.25) is 0 Å². The molecular formula is C65H104NO8P. The number of allylic oxidation sites excluding steroid dienone is 26. The Morgan fingerprint density at radius 2 is 0.733 bits per heavy atom. The number of hydrogen-bond donors (Lipinski definition) is 2. The number of unbranched alkanes of at least 4 members (excludes halogenated alkanes) is 13. The standard InChI is InChI=1S/C65H104NO8P/c1-3-5-7-9-11-13-15-17-19-20-21-22-23-24-25-26-27-28-29-30-31-32-33-34-35-36-37-38-39-40-41-42-44-46-48-50-52-54-56-58-65(68)74-63(62-73-75(69,70)72-60-59-66)61-71-64(67)57-55-53-51-49-47-45-43-18-16-14-12-10-8-6-4-2/h5,7,11,13,17-19,21-22,24-25,27-28,30-31,33-34,36-37,39-40,42-44,48,50,63H,3-4,6,8-10,12,14-16,20,23,26,29,32,35,38,41,45-47,49,51-62,66H2,1-2H3,(H,69,70)/b7-5-,13-11-,19-17-,22-21-,25-24-,28-27-,31-30-,34-33-,37-36-,40-39-,43-18-,44-42-,50-48-. The maximum absolute atomic E-state index is 12.7. The van der Waals surface area contributed by atoms with Crippen molar-refractivity contribution in [1.82, 2.24) is 0 Å². The second kappa shape index (κ2) is 58.9. The second-order valence-corrected chi connectivity index (χ2v) is 19.9. The highest BCUT2D eigenvalue weighted by molar-refractivity contribution is 7.47. The SMILES string of the molecule is CC/C=C\C/C=C\C/C=C\C/C=C\C/C=C\C/C=C\C/C=C\C/C=C\C/C=C\C/C=C\C/C=C\C/C=C\CCCCC(=O)OC(COC(=O)CCCCCCC/C=C\CCCCCCCC)COP(=O)(O)OCCN. The van der Waals surface area contributed by atoms with Gasteiger partial charge in [0.05, 0.1) is 13.2 Å². The van der Waals surface area contributed by atoms with Crippen molar-refractivity contribution >= 4 is 19.8 Å². The molecule has 0 aliphatic carbocycles. The number of nitrogens with two attached hydrogens (primary N) is 1. The van der Waals surface area contributed by atoms with Crippen LogP contribution >= 0.6 is 7.82 Å². The minimum atomic E-state index is -4.41. The summed E-state index contributed by atoms with van der Waals surface area (Å²) in [5.41, 5.74) is 5.37. The summed E-state index contributed by atoms with van der Waals surface area (Å²) in [4.78, 5) is 35.1. The van der Waals surface area contributed by atoms with E-state index < -0.39 is 32.5 Å². The Labute approximate surface area is 458 Å². The van der Waals surface area contributed by atoms with Crippen LogP contribution in [0.4, 0.5) is 0 Å². The van der Waals surface area contributed by atoms with Crippen molar-refractivity contribution in [3.05, 3.63) is 158 Å². The fraction of sp³-hybridized carbons (Fsp3) is 0.569. The molecule has 0 fully saturated rings. The molecule has 0 aromatic rings. The van der Waals surface area contributed by atoms with Gasteiger partial charge in [-0.05, 0) is 128 Å². The van der Waals surface area contributed by atoms with E-state index in [1.807, 2.05) is 0 Å². The van der Waals surface area contributed by atoms with E-state index in [0.717, 1.165) is 122 Å². The van der Waals surface area contributed by atoms with Crippen molar-refractivity contribution in [2.24, 2.45) is 5.73 Å². The van der Waals surface area contributed by atoms with Crippen LogP contribution in [0.5, 0.6) is 0 Å². The first-order valence-electron chi connectivity index (χ1n) is 29.0. The lowest BCUT2D eigenvalue weighted by Gasteiger charge is -2.19. The summed E-state index contributed by atoms with van der Waals surface area (Å²) in [6, 6.07) is 0. The van der Waals surface area contributed by atoms with Crippen LogP contribution in [0, 0.1) is 0 Å². The van der Waals surface area contributed by atoms with E-state index in [0.29, 0.717) is 12.8 Å². The zero-order chi connectivity index (χ0) is 54.5. The number of esters is 2. The molecule has 0 amide bonds. The van der Waals surface area contributed by atoms with Crippen LogP contribution in [0.15, 0.2) is 158 Å². The van der Waals surface area contributed by atoms with Crippen molar-refractivity contribution in [3.63, 3.8) is 0 Å². The lowest BCUT2D eigenvalue weighted by Crippen LogP contribution is -2.29. The Morgan fingerprint density at radius 1 is 0.413 bits per heavy atom. The first-order valence-corrected chi connectivity index (χ1v) is 30.5. The van der Waals surface area contributed by atoms with Gasteiger partial charge in [-0.2, -0.15) is 0 Å². The minimum Gasteiger partial charge on any atom is -0.462 e. The molecule has 75 heavy (non-hydrogen) atoms. The first-order chi connectivity index (χ1) is 36.8. The first kappa shape index (κ1) is 70.6. The average molecular weight is 1060 g/mol. The van der Waals surface area contributed by atoms with Gasteiger partial charge in [0.25, 0.3) is 0 Å². The molecule has 0 aliphatic heterocycles. The Hall–Kier alpha value is -4.37. The zero-order valence-corrected chi connectivity index (χ0v) is 47.9. The van der Waals surface area contributed by atoms with E-state index in [2.05, 4.69) is 172 Å². The van der Waals surface area contributed by atoms with Crippen LogP contribution in [-0.4, -0.2) is 49.3 Å². The van der Waals surface area contributed by atoms with Gasteiger partial charge >= 0.3 is 19.8 Å². The smallest absolute Gasteiger partial charge is 0.462 e. The van der Waals surface area contributed by atoms with Crippen LogP contribution in [0.1, 0.15) is 206 Å². The van der Waals surface area contributed by atoms with Crippen LogP contribution in [-0.2, 0) is 32.7 Å². The quantitative estimate of drug-likeness (QED) is 0.0264. The highest BCUT2D eigenvalue weighted by Crippen LogP contribution is 2.43. The third-order valence-electron chi connectivity index (χ3n) is 11.4. The topological polar surface area (TPSA) is 134 Å². The fourth-order valence-electron chi connectivity index (χ4n) is 7.14. The van der Waals surface area contributed by atoms with Crippen LogP contribution in [0.25, 0.3) is 0 Å². The highest BCUT2D eigenvalue weighted by atomic mass is 31.2. The summed E-state index contributed by atoms with van der Waals surface area (Å²) in [5, 5.41) is 0. The van der Waals surface area contributed by atoms with E-state index in [1.54, 1.807) is 0 Å². The lowest BCUT2D eigenvalue weighted by molar-refractivity contribution is -0.161. The molecule has 0 aliphatic rings. The molecule has 0 heterocycles. The molecule has 0 spiro atoms. The molecular weight excluding hydrogens is 954 g/mol. The lowest BCUT2D eigenvalue weighted by atomic mass is 10.1. The number of hydrogen-bond acceptors (Lipinski definition) is 8. The van der Waals surface area contributed by atoms with Crippen molar-refractivity contribution < 1.29 is 37.6 Å². The predicted molar refractivity (Wildman–Crippen MR) is 320 cm³/mol. The van der Waals surface area contributed by atoms with Gasteiger partial charge in [0.15, 0.2) is 6.10 Å². The average Bonchev–Trinajstić information content (AvgIpc) is 3.40. The largest absolute Gasteiger partial charge is 0.472 e. The van der Waals surface area contributed by atoms with E-state index in [9.17, 15) is 19.0 Å². The van der Waals surface area contributed by atoms with E-state index in [1.165, 1.54) is 44.9 Å². The zero-order valence-electron chi connectivity index (χ0n) is 47.0. The number of phosphoric ester groups is 1. The van der Waals surface area contributed by atoms with Crippen molar-refractivity contribution in [3.8, 4) is 0 Å². The Morgan fingerprint density at radius 3 is 1.13 bits per heavy atom. The molecule has 0 aromatic carbocycles. The number of ether oxygens (including phenoxy) is 2. The van der Waals surface area contributed by atoms with Crippen molar-refractivity contribution in [1.29, 1.82) is 0 Å². The summed E-state index contributed by atoms with van der Waals surface area (Å²) in [6.45, 7) is 3.53. The summed E-state index contributed by atoms with van der Waals surface area (Å²) in [6.07, 6.45) is 85.9. The molecule has 0 radical (unpaired) electrons. The normalized spacial score (nSPS) is 14.2. The van der Waals surface area contributed by atoms with Gasteiger partial charge in [0, 0.05) is 19.4 Å². The van der Waals surface area contributed by atoms with Crippen LogP contribution in [0.3, 0.4) is 0 Å². The van der Waals surface area contributed by atoms with Gasteiger partial charge in [-0.3, -0.25) is 18.6 Å². The molecule has 0 saturated heterocycles. The summed E-state index contributed by atoms with van der Waals surface area (Å²) >= 11 is 0. The molecule has 422 valence electrons. The fourth-order valence-corrected chi connectivity index (χ4v) is 7.90. The van der Waals surface area contributed by atoms with Crippen LogP contribution < -0.4 is 5.73 Å². The summed E-state index contributed by atoms with van der Waals surface area (Å²) < 4.78 is 32.9. The molecule has 10 heteroatoms. The molecule has 0 rings (SSSR count). The van der Waals surface area contributed by atoms with E-state index in [4.69, 9.17) is 24.3 Å². The highest BCUT2D eigenvalue weighted by Gasteiger charge is 2.26. The molecule has 2 atom stereocenters. The van der Waals surface area contributed by atoms with E-state index in [-0.39, 0.29) is 32.6 Å². The van der Waals surface area contributed by atoms with E-state index >= 15 is 0 Å². The maximum atomic E-state index is 12.7. The minimum absolute atomic E-state index is 0.0369. The molecule has 3 N–H and O–H groups in total. The molecule has 0 saturated carbocycles. The summed E-state index contributed by atoms with van der Waals surface area (Å²) in [5.74, 6) is -0.901. The van der Waals surface area contributed by atoms with Gasteiger partial charge < -0.3 is 20.1 Å². The van der Waals surface area contributed by atoms with Crippen molar-refractivity contribution in [2.75, 3.05) is 26.4 Å². The summed E-state index contributed by atoms with van der Waals surface area (Å²) in [7, 11) is -4.41. The van der Waals surface area contributed by atoms with Gasteiger partial charge in [0.1, 0.15) is 6.61 Å². The van der Waals surface area contributed by atoms with Gasteiger partial charge in [-0.1, -0.05) is 223 Å². The van der Waals surface area contributed by atoms with Gasteiger partial charge in [-0.25, -0.2) is 4.57 Å². The maximum Gasteiger partial charge on any atom is 0.472 e. The number of phosphoric acid groups is 1. The van der Waals surface area contributed by atoms with Gasteiger partial charge in [-0.15, -0.1) is 0 Å². The number of carbonyl (C=O) groups excluding carboxylic acids is 2. The monoisotopic (exact) mass is 1060 g/mol. The Bertz CT molecular complexity index is 1780. The molecule has 0 aromatic heterocycles. The number of carbonyl (C=O) groups is 2. The molecule has 0 bridgehead atoms. The third kappa shape index (κ3) is 58.7. The Balaban J connectivity index is 4.12. The third-order valence-corrected chi connectivity index (χ3v) is 12.4. The Kier molecular flexibility index (Phi) is 55.5.